The highest BCUT2D eigenvalue weighted by Gasteiger charge is 2.34. The van der Waals surface area contributed by atoms with Gasteiger partial charge in [-0.3, -0.25) is 4.79 Å². The molecule has 6 heteroatoms. The monoisotopic (exact) mass is 311 g/mol. The molecule has 0 amide bonds. The van der Waals surface area contributed by atoms with Crippen molar-refractivity contribution in [2.24, 2.45) is 0 Å². The topological polar surface area (TPSA) is 74.7 Å². The highest BCUT2D eigenvalue weighted by molar-refractivity contribution is 7.89. The molecule has 1 fully saturated rings. The van der Waals surface area contributed by atoms with Crippen molar-refractivity contribution >= 4 is 15.8 Å². The van der Waals surface area contributed by atoms with Gasteiger partial charge in [0.25, 0.3) is 0 Å². The minimum Gasteiger partial charge on any atom is -0.395 e. The first-order chi connectivity index (χ1) is 10.0. The lowest BCUT2D eigenvalue weighted by molar-refractivity contribution is 0.0988. The van der Waals surface area contributed by atoms with E-state index in [2.05, 4.69) is 0 Å². The van der Waals surface area contributed by atoms with Crippen molar-refractivity contribution in [2.75, 3.05) is 13.2 Å². The van der Waals surface area contributed by atoms with E-state index < -0.39 is 10.0 Å². The van der Waals surface area contributed by atoms with Crippen molar-refractivity contribution in [1.82, 2.24) is 4.31 Å². The van der Waals surface area contributed by atoms with Gasteiger partial charge in [0.15, 0.2) is 5.78 Å². The van der Waals surface area contributed by atoms with Gasteiger partial charge >= 0.3 is 0 Å². The quantitative estimate of drug-likeness (QED) is 0.779. The number of rotatable bonds is 7. The molecule has 1 aromatic rings. The van der Waals surface area contributed by atoms with Crippen molar-refractivity contribution in [1.29, 1.82) is 0 Å². The summed E-state index contributed by atoms with van der Waals surface area (Å²) in [6.07, 6.45) is 3.00. The van der Waals surface area contributed by atoms with Crippen LogP contribution in [0.3, 0.4) is 0 Å². The number of carbonyl (C=O) groups is 1. The zero-order chi connectivity index (χ0) is 15.5. The summed E-state index contributed by atoms with van der Waals surface area (Å²) in [4.78, 5) is 11.9. The largest absolute Gasteiger partial charge is 0.395 e. The summed E-state index contributed by atoms with van der Waals surface area (Å²) in [5.41, 5.74) is 0.413. The third-order valence-corrected chi connectivity index (χ3v) is 5.83. The minimum absolute atomic E-state index is 0.0346. The molecule has 0 aliphatic heterocycles. The molecule has 1 aliphatic carbocycles. The van der Waals surface area contributed by atoms with Crippen LogP contribution in [0.2, 0.25) is 0 Å². The Morgan fingerprint density at radius 3 is 2.62 bits per heavy atom. The first-order valence-electron chi connectivity index (χ1n) is 7.26. The maximum atomic E-state index is 12.7. The molecule has 5 nitrogen and oxygen atoms in total. The molecule has 0 heterocycles. The number of sulfonamides is 1. The van der Waals surface area contributed by atoms with E-state index in [1.165, 1.54) is 16.4 Å². The molecule has 21 heavy (non-hydrogen) atoms. The smallest absolute Gasteiger partial charge is 0.243 e. The Kier molecular flexibility index (Phi) is 5.13. The van der Waals surface area contributed by atoms with Crippen molar-refractivity contribution < 1.29 is 18.3 Å². The van der Waals surface area contributed by atoms with Gasteiger partial charge in [0, 0.05) is 24.6 Å². The van der Waals surface area contributed by atoms with Gasteiger partial charge in [0.2, 0.25) is 10.0 Å². The van der Waals surface area contributed by atoms with Crippen LogP contribution in [0, 0.1) is 0 Å². The molecule has 0 unspecified atom stereocenters. The number of ketones is 1. The highest BCUT2D eigenvalue weighted by atomic mass is 32.2. The number of carbonyl (C=O) groups excluding carboxylic acids is 1. The Bertz CT molecular complexity index is 608. The molecular weight excluding hydrogens is 290 g/mol. The molecular formula is C15H21NO4S. The number of nitrogens with zero attached hydrogens (tertiary/aromatic N) is 1. The van der Waals surface area contributed by atoms with Gasteiger partial charge in [0.05, 0.1) is 11.5 Å². The molecule has 1 aliphatic rings. The van der Waals surface area contributed by atoms with Crippen LogP contribution >= 0.6 is 0 Å². The predicted molar refractivity (Wildman–Crippen MR) is 79.7 cm³/mol. The van der Waals surface area contributed by atoms with Crippen LogP contribution in [0.25, 0.3) is 0 Å². The molecule has 0 bridgehead atoms. The van der Waals surface area contributed by atoms with Crippen LogP contribution in [0.5, 0.6) is 0 Å². The Hall–Kier alpha value is -1.24. The SMILES string of the molecule is CCC(=O)c1cccc(S(=O)(=O)N(CCO)C2CCC2)c1. The number of hydrogen-bond acceptors (Lipinski definition) is 4. The second-order valence-electron chi connectivity index (χ2n) is 5.23. The minimum atomic E-state index is -3.67. The van der Waals surface area contributed by atoms with Crippen LogP contribution in [0.1, 0.15) is 43.0 Å². The zero-order valence-corrected chi connectivity index (χ0v) is 13.0. The molecule has 1 N–H and O–H groups in total. The van der Waals surface area contributed by atoms with Crippen LogP contribution in [-0.2, 0) is 10.0 Å². The van der Waals surface area contributed by atoms with Gasteiger partial charge in [-0.1, -0.05) is 25.5 Å². The van der Waals surface area contributed by atoms with E-state index in [4.69, 9.17) is 5.11 Å². The normalized spacial score (nSPS) is 16.0. The average Bonchev–Trinajstić information content (AvgIpc) is 2.44. The van der Waals surface area contributed by atoms with Gasteiger partial charge in [-0.05, 0) is 25.0 Å². The van der Waals surface area contributed by atoms with Crippen molar-refractivity contribution in [3.63, 3.8) is 0 Å². The van der Waals surface area contributed by atoms with Gasteiger partial charge in [-0.15, -0.1) is 0 Å². The Morgan fingerprint density at radius 2 is 2.10 bits per heavy atom. The Morgan fingerprint density at radius 1 is 1.38 bits per heavy atom. The second-order valence-corrected chi connectivity index (χ2v) is 7.12. The van der Waals surface area contributed by atoms with Gasteiger partial charge in [-0.2, -0.15) is 4.31 Å². The number of benzene rings is 1. The van der Waals surface area contributed by atoms with E-state index in [9.17, 15) is 13.2 Å². The van der Waals surface area contributed by atoms with Gasteiger partial charge < -0.3 is 5.11 Å². The molecule has 1 saturated carbocycles. The molecule has 116 valence electrons. The third kappa shape index (κ3) is 3.33. The predicted octanol–water partition coefficient (Wildman–Crippen LogP) is 1.81. The number of hydrogen-bond donors (Lipinski definition) is 1. The Balaban J connectivity index is 2.35. The molecule has 1 aromatic carbocycles. The molecule has 2 rings (SSSR count). The standard InChI is InChI=1S/C15H21NO4S/c1-2-15(18)12-5-3-8-14(11-12)21(19,20)16(9-10-17)13-6-4-7-13/h3,5,8,11,13,17H,2,4,6-7,9-10H2,1H3. The first kappa shape index (κ1) is 16.1. The molecule has 0 radical (unpaired) electrons. The lowest BCUT2D eigenvalue weighted by Gasteiger charge is -2.36. The van der Waals surface area contributed by atoms with Gasteiger partial charge in [-0.25, -0.2) is 8.42 Å². The maximum Gasteiger partial charge on any atom is 0.243 e. The highest BCUT2D eigenvalue weighted by Crippen LogP contribution is 2.30. The lowest BCUT2D eigenvalue weighted by atomic mass is 9.93. The van der Waals surface area contributed by atoms with Crippen LogP contribution in [0.4, 0.5) is 0 Å². The van der Waals surface area contributed by atoms with E-state index in [0.717, 1.165) is 19.3 Å². The fourth-order valence-corrected chi connectivity index (χ4v) is 4.16. The first-order valence-corrected chi connectivity index (χ1v) is 8.70. The summed E-state index contributed by atoms with van der Waals surface area (Å²) in [6.45, 7) is 1.64. The summed E-state index contributed by atoms with van der Waals surface area (Å²) in [7, 11) is -3.67. The number of aliphatic hydroxyl groups is 1. The zero-order valence-electron chi connectivity index (χ0n) is 12.2. The second kappa shape index (κ2) is 6.68. The molecule has 0 spiro atoms. The third-order valence-electron chi connectivity index (χ3n) is 3.89. The van der Waals surface area contributed by atoms with E-state index in [0.29, 0.717) is 12.0 Å². The summed E-state index contributed by atoms with van der Waals surface area (Å²) in [5.74, 6) is -0.0793. The fourth-order valence-electron chi connectivity index (χ4n) is 2.44. The summed E-state index contributed by atoms with van der Waals surface area (Å²) >= 11 is 0. The van der Waals surface area contributed by atoms with E-state index in [1.54, 1.807) is 19.1 Å². The lowest BCUT2D eigenvalue weighted by Crippen LogP contribution is -2.45. The van der Waals surface area contributed by atoms with E-state index in [1.807, 2.05) is 0 Å². The summed E-state index contributed by atoms with van der Waals surface area (Å²) in [6, 6.07) is 6.13. The van der Waals surface area contributed by atoms with Crippen molar-refractivity contribution in [2.45, 2.75) is 43.5 Å². The molecule has 0 aromatic heterocycles. The summed E-state index contributed by atoms with van der Waals surface area (Å²) in [5, 5.41) is 9.14. The van der Waals surface area contributed by atoms with Gasteiger partial charge in [0.1, 0.15) is 0 Å². The van der Waals surface area contributed by atoms with Crippen LogP contribution in [-0.4, -0.2) is 42.8 Å². The average molecular weight is 311 g/mol. The maximum absolute atomic E-state index is 12.7. The summed E-state index contributed by atoms with van der Waals surface area (Å²) < 4.78 is 26.8. The van der Waals surface area contributed by atoms with E-state index >= 15 is 0 Å². The fraction of sp³-hybridized carbons (Fsp3) is 0.533. The number of Topliss-reactive ketones (excluding diaryl/α,β-unsaturated/α-hetero) is 1. The van der Waals surface area contributed by atoms with Crippen LogP contribution in [0.15, 0.2) is 29.2 Å². The Labute approximate surface area is 125 Å². The van der Waals surface area contributed by atoms with Crippen LogP contribution < -0.4 is 0 Å². The van der Waals surface area contributed by atoms with E-state index in [-0.39, 0.29) is 29.9 Å². The van der Waals surface area contributed by atoms with Crippen molar-refractivity contribution in [3.05, 3.63) is 29.8 Å². The van der Waals surface area contributed by atoms with Crippen molar-refractivity contribution in [3.8, 4) is 0 Å². The number of aliphatic hydroxyl groups excluding tert-OH is 1. The molecule has 0 saturated heterocycles. The molecule has 0 atom stereocenters.